The third kappa shape index (κ3) is 8.63. The van der Waals surface area contributed by atoms with Crippen molar-refractivity contribution in [2.45, 2.75) is 39.2 Å². The fourth-order valence-corrected chi connectivity index (χ4v) is 2.80. The lowest BCUT2D eigenvalue weighted by Crippen LogP contribution is -2.39. The van der Waals surface area contributed by atoms with Gasteiger partial charge in [-0.1, -0.05) is 6.92 Å². The Hall–Kier alpha value is -0.940. The first-order chi connectivity index (χ1) is 12.3. The first-order valence-corrected chi connectivity index (χ1v) is 9.30. The van der Waals surface area contributed by atoms with Crippen molar-refractivity contribution in [2.75, 3.05) is 46.6 Å². The van der Waals surface area contributed by atoms with Crippen LogP contribution in [0.2, 0.25) is 0 Å². The molecule has 26 heavy (non-hydrogen) atoms. The third-order valence-electron chi connectivity index (χ3n) is 4.33. The molecule has 0 aliphatic carbocycles. The maximum atomic E-state index is 5.77. The highest BCUT2D eigenvalue weighted by molar-refractivity contribution is 14.0. The summed E-state index contributed by atoms with van der Waals surface area (Å²) in [6, 6.07) is 0. The second-order valence-electron chi connectivity index (χ2n) is 6.20. The SMILES string of the molecule is CCc1nncn1CCNC(=NC)NCCCOCC1CCOCC1.I. The predicted octanol–water partition coefficient (Wildman–Crippen LogP) is 1.46. The van der Waals surface area contributed by atoms with E-state index in [4.69, 9.17) is 9.47 Å². The molecule has 8 nitrogen and oxygen atoms in total. The molecule has 0 unspecified atom stereocenters. The van der Waals surface area contributed by atoms with Gasteiger partial charge in [-0.2, -0.15) is 0 Å². The van der Waals surface area contributed by atoms with Gasteiger partial charge in [-0.05, 0) is 25.2 Å². The van der Waals surface area contributed by atoms with Gasteiger partial charge in [-0.3, -0.25) is 4.99 Å². The Morgan fingerprint density at radius 2 is 2.12 bits per heavy atom. The van der Waals surface area contributed by atoms with Crippen LogP contribution in [-0.4, -0.2) is 67.3 Å². The number of ether oxygens (including phenoxy) is 2. The summed E-state index contributed by atoms with van der Waals surface area (Å²) in [6.45, 7) is 7.94. The molecule has 1 fully saturated rings. The van der Waals surface area contributed by atoms with Crippen LogP contribution in [0.4, 0.5) is 0 Å². The molecular formula is C17H33IN6O2. The van der Waals surface area contributed by atoms with Gasteiger partial charge in [0.1, 0.15) is 12.2 Å². The van der Waals surface area contributed by atoms with E-state index < -0.39 is 0 Å². The number of nitrogens with one attached hydrogen (secondary N) is 2. The number of aromatic nitrogens is 3. The highest BCUT2D eigenvalue weighted by Gasteiger charge is 2.13. The summed E-state index contributed by atoms with van der Waals surface area (Å²) >= 11 is 0. The maximum absolute atomic E-state index is 5.77. The quantitative estimate of drug-likeness (QED) is 0.228. The van der Waals surface area contributed by atoms with Crippen molar-refractivity contribution in [1.29, 1.82) is 0 Å². The van der Waals surface area contributed by atoms with Gasteiger partial charge in [0, 0.05) is 59.5 Å². The first-order valence-electron chi connectivity index (χ1n) is 9.30. The molecule has 0 aromatic carbocycles. The smallest absolute Gasteiger partial charge is 0.191 e. The Kier molecular flexibility index (Phi) is 12.6. The zero-order valence-corrected chi connectivity index (χ0v) is 18.3. The van der Waals surface area contributed by atoms with Crippen LogP contribution in [0.5, 0.6) is 0 Å². The number of hydrogen-bond acceptors (Lipinski definition) is 5. The number of guanidine groups is 1. The van der Waals surface area contributed by atoms with Crippen molar-refractivity contribution in [3.05, 3.63) is 12.2 Å². The Labute approximate surface area is 173 Å². The standard InChI is InChI=1S/C17H32N6O2.HI/c1-3-16-22-21-14-23(16)9-8-20-17(18-2)19-7-4-10-25-13-15-5-11-24-12-6-15;/h14-15H,3-13H2,1-2H3,(H2,18,19,20);1H. The number of hydrogen-bond donors (Lipinski definition) is 2. The third-order valence-corrected chi connectivity index (χ3v) is 4.33. The van der Waals surface area contributed by atoms with Gasteiger partial charge in [0.15, 0.2) is 5.96 Å². The molecule has 1 aliphatic heterocycles. The zero-order chi connectivity index (χ0) is 17.7. The van der Waals surface area contributed by atoms with Gasteiger partial charge in [-0.25, -0.2) is 0 Å². The van der Waals surface area contributed by atoms with Crippen molar-refractivity contribution < 1.29 is 9.47 Å². The lowest BCUT2D eigenvalue weighted by Gasteiger charge is -2.21. The number of aliphatic imine (C=N–C) groups is 1. The molecular weight excluding hydrogens is 447 g/mol. The molecule has 2 rings (SSSR count). The number of nitrogens with zero attached hydrogens (tertiary/aromatic N) is 4. The van der Waals surface area contributed by atoms with Crippen molar-refractivity contribution in [3.8, 4) is 0 Å². The van der Waals surface area contributed by atoms with E-state index in [2.05, 4.69) is 37.3 Å². The molecule has 1 aromatic rings. The number of halogens is 1. The summed E-state index contributed by atoms with van der Waals surface area (Å²) in [5.41, 5.74) is 0. The molecule has 0 radical (unpaired) electrons. The number of aryl methyl sites for hydroxylation is 1. The summed E-state index contributed by atoms with van der Waals surface area (Å²) < 4.78 is 13.2. The van der Waals surface area contributed by atoms with E-state index in [1.165, 1.54) is 0 Å². The Morgan fingerprint density at radius 3 is 2.85 bits per heavy atom. The normalized spacial score (nSPS) is 15.5. The van der Waals surface area contributed by atoms with E-state index in [0.717, 1.165) is 83.5 Å². The van der Waals surface area contributed by atoms with E-state index in [-0.39, 0.29) is 24.0 Å². The molecule has 0 spiro atoms. The van der Waals surface area contributed by atoms with Crippen LogP contribution in [0.3, 0.4) is 0 Å². The zero-order valence-electron chi connectivity index (χ0n) is 15.9. The van der Waals surface area contributed by atoms with E-state index in [9.17, 15) is 0 Å². The first kappa shape index (κ1) is 23.1. The van der Waals surface area contributed by atoms with Gasteiger partial charge in [0.25, 0.3) is 0 Å². The lowest BCUT2D eigenvalue weighted by atomic mass is 10.0. The van der Waals surface area contributed by atoms with Crippen LogP contribution in [0, 0.1) is 5.92 Å². The average Bonchev–Trinajstić information content (AvgIpc) is 3.11. The van der Waals surface area contributed by atoms with Crippen molar-refractivity contribution in [1.82, 2.24) is 25.4 Å². The molecule has 0 amide bonds. The van der Waals surface area contributed by atoms with Crippen LogP contribution in [-0.2, 0) is 22.4 Å². The minimum atomic E-state index is 0. The summed E-state index contributed by atoms with van der Waals surface area (Å²) in [5.74, 6) is 2.49. The van der Waals surface area contributed by atoms with Gasteiger partial charge in [0.05, 0.1) is 0 Å². The largest absolute Gasteiger partial charge is 0.381 e. The van der Waals surface area contributed by atoms with Gasteiger partial charge >= 0.3 is 0 Å². The molecule has 2 heterocycles. The minimum Gasteiger partial charge on any atom is -0.381 e. The highest BCUT2D eigenvalue weighted by Crippen LogP contribution is 2.14. The fourth-order valence-electron chi connectivity index (χ4n) is 2.80. The van der Waals surface area contributed by atoms with E-state index in [1.807, 2.05) is 0 Å². The highest BCUT2D eigenvalue weighted by atomic mass is 127. The fraction of sp³-hybridized carbons (Fsp3) is 0.824. The van der Waals surface area contributed by atoms with Crippen LogP contribution in [0.15, 0.2) is 11.3 Å². The monoisotopic (exact) mass is 480 g/mol. The van der Waals surface area contributed by atoms with Crippen molar-refractivity contribution in [3.63, 3.8) is 0 Å². The molecule has 1 aromatic heterocycles. The Morgan fingerprint density at radius 1 is 1.35 bits per heavy atom. The summed E-state index contributed by atoms with van der Waals surface area (Å²) in [7, 11) is 1.78. The molecule has 150 valence electrons. The maximum Gasteiger partial charge on any atom is 0.191 e. The van der Waals surface area contributed by atoms with Gasteiger partial charge < -0.3 is 24.7 Å². The van der Waals surface area contributed by atoms with E-state index in [0.29, 0.717) is 5.92 Å². The van der Waals surface area contributed by atoms with Crippen LogP contribution < -0.4 is 10.6 Å². The molecule has 2 N–H and O–H groups in total. The van der Waals surface area contributed by atoms with Gasteiger partial charge in [-0.15, -0.1) is 34.2 Å². The Balaban J connectivity index is 0.00000338. The van der Waals surface area contributed by atoms with E-state index >= 15 is 0 Å². The van der Waals surface area contributed by atoms with Crippen LogP contribution in [0.25, 0.3) is 0 Å². The topological polar surface area (TPSA) is 85.6 Å². The number of rotatable bonds is 10. The second kappa shape index (κ2) is 14.2. The molecule has 0 saturated carbocycles. The molecule has 1 saturated heterocycles. The van der Waals surface area contributed by atoms with E-state index in [1.54, 1.807) is 13.4 Å². The van der Waals surface area contributed by atoms with Crippen molar-refractivity contribution >= 4 is 29.9 Å². The summed E-state index contributed by atoms with van der Waals surface area (Å²) in [4.78, 5) is 4.24. The van der Waals surface area contributed by atoms with Crippen LogP contribution in [0.1, 0.15) is 32.0 Å². The lowest BCUT2D eigenvalue weighted by molar-refractivity contribution is 0.0203. The average molecular weight is 480 g/mol. The van der Waals surface area contributed by atoms with Crippen LogP contribution >= 0.6 is 24.0 Å². The molecule has 0 atom stereocenters. The minimum absolute atomic E-state index is 0. The van der Waals surface area contributed by atoms with Crippen molar-refractivity contribution in [2.24, 2.45) is 10.9 Å². The molecule has 0 bridgehead atoms. The summed E-state index contributed by atoms with van der Waals surface area (Å²) in [6.07, 6.45) is 5.88. The molecule has 1 aliphatic rings. The Bertz CT molecular complexity index is 505. The van der Waals surface area contributed by atoms with Gasteiger partial charge in [0.2, 0.25) is 0 Å². The predicted molar refractivity (Wildman–Crippen MR) is 113 cm³/mol. The molecule has 9 heteroatoms. The summed E-state index contributed by atoms with van der Waals surface area (Å²) in [5, 5.41) is 14.6. The second-order valence-corrected chi connectivity index (χ2v) is 6.20.